The number of phenols is 1. The summed E-state index contributed by atoms with van der Waals surface area (Å²) in [6.45, 7) is 0. The van der Waals surface area contributed by atoms with Crippen LogP contribution in [0, 0.1) is 0 Å². The molecule has 0 aliphatic rings. The summed E-state index contributed by atoms with van der Waals surface area (Å²) >= 11 is 1.55. The first-order valence-electron chi connectivity index (χ1n) is 7.08. The summed E-state index contributed by atoms with van der Waals surface area (Å²) in [5.41, 5.74) is 2.78. The third-order valence-corrected chi connectivity index (χ3v) is 4.50. The molecule has 3 aromatic rings. The van der Waals surface area contributed by atoms with Crippen molar-refractivity contribution in [1.82, 2.24) is 0 Å². The molecule has 0 atom stereocenters. The van der Waals surface area contributed by atoms with Crippen LogP contribution in [0.1, 0.15) is 5.76 Å². The number of phenolic OH excluding ortho intramolecular Hbond substituents is 1. The number of ether oxygens (including phenoxy) is 1. The number of benzene rings is 2. The molecule has 4 nitrogen and oxygen atoms in total. The van der Waals surface area contributed by atoms with Crippen LogP contribution in [0.25, 0.3) is 22.1 Å². The summed E-state index contributed by atoms with van der Waals surface area (Å²) in [5, 5.41) is 10.4. The standard InChI is InChI=1S/C18H16O4S/c1-21-17(20)10-16-18(23-2)14-9-12(5-8-15(14)22-16)11-3-6-13(19)7-4-11/h3-9,19H,10H2,1-2H3. The van der Waals surface area contributed by atoms with Crippen molar-refractivity contribution >= 4 is 28.7 Å². The van der Waals surface area contributed by atoms with Gasteiger partial charge < -0.3 is 14.3 Å². The lowest BCUT2D eigenvalue weighted by Gasteiger charge is -2.03. The summed E-state index contributed by atoms with van der Waals surface area (Å²) in [4.78, 5) is 12.5. The van der Waals surface area contributed by atoms with Gasteiger partial charge in [0.05, 0.1) is 12.0 Å². The summed E-state index contributed by atoms with van der Waals surface area (Å²) in [6, 6.07) is 13.0. The van der Waals surface area contributed by atoms with E-state index in [-0.39, 0.29) is 18.1 Å². The molecule has 2 aromatic carbocycles. The lowest BCUT2D eigenvalue weighted by molar-refractivity contribution is -0.140. The molecule has 0 radical (unpaired) electrons. The Hall–Kier alpha value is -2.40. The molecule has 1 heterocycles. The van der Waals surface area contributed by atoms with Gasteiger partial charge in [-0.05, 0) is 41.6 Å². The highest BCUT2D eigenvalue weighted by Crippen LogP contribution is 2.36. The zero-order valence-corrected chi connectivity index (χ0v) is 13.6. The van der Waals surface area contributed by atoms with Crippen LogP contribution in [0.5, 0.6) is 5.75 Å². The molecule has 0 amide bonds. The second-order valence-corrected chi connectivity index (χ2v) is 5.89. The Balaban J connectivity index is 2.08. The van der Waals surface area contributed by atoms with Crippen molar-refractivity contribution < 1.29 is 19.1 Å². The van der Waals surface area contributed by atoms with E-state index in [1.165, 1.54) is 7.11 Å². The predicted octanol–water partition coefficient (Wildman–Crippen LogP) is 4.24. The molecular formula is C18H16O4S. The number of esters is 1. The van der Waals surface area contributed by atoms with Crippen LogP contribution in [-0.4, -0.2) is 24.4 Å². The predicted molar refractivity (Wildman–Crippen MR) is 90.8 cm³/mol. The quantitative estimate of drug-likeness (QED) is 0.573. The Kier molecular flexibility index (Phi) is 4.30. The van der Waals surface area contributed by atoms with E-state index in [4.69, 9.17) is 9.15 Å². The monoisotopic (exact) mass is 328 g/mol. The Labute approximate surface area is 138 Å². The van der Waals surface area contributed by atoms with E-state index in [1.54, 1.807) is 23.9 Å². The van der Waals surface area contributed by atoms with Crippen molar-refractivity contribution in [1.29, 1.82) is 0 Å². The summed E-state index contributed by atoms with van der Waals surface area (Å²) in [5.74, 6) is 0.545. The highest BCUT2D eigenvalue weighted by molar-refractivity contribution is 7.98. The van der Waals surface area contributed by atoms with E-state index in [0.29, 0.717) is 5.76 Å². The molecule has 23 heavy (non-hydrogen) atoms. The topological polar surface area (TPSA) is 59.7 Å². The number of aromatic hydroxyl groups is 1. The third kappa shape index (κ3) is 3.05. The van der Waals surface area contributed by atoms with Gasteiger partial charge in [-0.1, -0.05) is 18.2 Å². The molecule has 0 aliphatic heterocycles. The van der Waals surface area contributed by atoms with Crippen LogP contribution < -0.4 is 0 Å². The summed E-state index contributed by atoms with van der Waals surface area (Å²) in [7, 11) is 1.37. The molecule has 0 aliphatic carbocycles. The normalized spacial score (nSPS) is 10.9. The minimum absolute atomic E-state index is 0.121. The summed E-state index contributed by atoms with van der Waals surface area (Å²) < 4.78 is 10.5. The van der Waals surface area contributed by atoms with Crippen LogP contribution in [0.15, 0.2) is 51.8 Å². The number of carbonyl (C=O) groups is 1. The van der Waals surface area contributed by atoms with E-state index >= 15 is 0 Å². The van der Waals surface area contributed by atoms with Gasteiger partial charge in [0.1, 0.15) is 23.5 Å². The first-order valence-corrected chi connectivity index (χ1v) is 8.30. The van der Waals surface area contributed by atoms with Gasteiger partial charge in [-0.2, -0.15) is 0 Å². The van der Waals surface area contributed by atoms with Crippen molar-refractivity contribution in [3.63, 3.8) is 0 Å². The van der Waals surface area contributed by atoms with Gasteiger partial charge >= 0.3 is 5.97 Å². The number of hydrogen-bond acceptors (Lipinski definition) is 5. The van der Waals surface area contributed by atoms with Crippen molar-refractivity contribution in [3.8, 4) is 16.9 Å². The number of furan rings is 1. The third-order valence-electron chi connectivity index (χ3n) is 3.65. The maximum absolute atomic E-state index is 11.5. The lowest BCUT2D eigenvalue weighted by Crippen LogP contribution is -2.04. The molecule has 0 fully saturated rings. The molecule has 3 rings (SSSR count). The van der Waals surface area contributed by atoms with Gasteiger partial charge in [0, 0.05) is 5.39 Å². The van der Waals surface area contributed by atoms with Gasteiger partial charge in [0.2, 0.25) is 0 Å². The first-order chi connectivity index (χ1) is 11.1. The van der Waals surface area contributed by atoms with Crippen LogP contribution >= 0.6 is 11.8 Å². The largest absolute Gasteiger partial charge is 0.508 e. The fourth-order valence-corrected chi connectivity index (χ4v) is 3.22. The number of thioether (sulfide) groups is 1. The average Bonchev–Trinajstić information content (AvgIpc) is 2.91. The van der Waals surface area contributed by atoms with E-state index < -0.39 is 0 Å². The number of fused-ring (bicyclic) bond motifs is 1. The molecule has 0 unspecified atom stereocenters. The molecule has 118 valence electrons. The lowest BCUT2D eigenvalue weighted by atomic mass is 10.0. The highest BCUT2D eigenvalue weighted by Gasteiger charge is 2.17. The molecule has 0 saturated heterocycles. The van der Waals surface area contributed by atoms with Crippen LogP contribution in [0.4, 0.5) is 0 Å². The van der Waals surface area contributed by atoms with Crippen LogP contribution in [-0.2, 0) is 16.0 Å². The zero-order chi connectivity index (χ0) is 16.4. The second-order valence-electron chi connectivity index (χ2n) is 5.07. The molecule has 0 bridgehead atoms. The Morgan fingerprint density at radius 3 is 2.52 bits per heavy atom. The molecule has 5 heteroatoms. The highest BCUT2D eigenvalue weighted by atomic mass is 32.2. The van der Waals surface area contributed by atoms with Crippen LogP contribution in [0.3, 0.4) is 0 Å². The molecule has 1 aromatic heterocycles. The van der Waals surface area contributed by atoms with Crippen molar-refractivity contribution in [3.05, 3.63) is 48.2 Å². The van der Waals surface area contributed by atoms with Gasteiger partial charge in [-0.3, -0.25) is 4.79 Å². The summed E-state index contributed by atoms with van der Waals surface area (Å²) in [6.07, 6.45) is 2.08. The fraction of sp³-hybridized carbons (Fsp3) is 0.167. The van der Waals surface area contributed by atoms with Gasteiger partial charge in [0.25, 0.3) is 0 Å². The van der Waals surface area contributed by atoms with Gasteiger partial charge in [0.15, 0.2) is 0 Å². The van der Waals surface area contributed by atoms with Crippen molar-refractivity contribution in [2.24, 2.45) is 0 Å². The maximum Gasteiger partial charge on any atom is 0.313 e. The second kappa shape index (κ2) is 6.38. The van der Waals surface area contributed by atoms with Crippen molar-refractivity contribution in [2.45, 2.75) is 11.3 Å². The number of rotatable bonds is 4. The fourth-order valence-electron chi connectivity index (χ4n) is 2.50. The number of methoxy groups -OCH3 is 1. The minimum Gasteiger partial charge on any atom is -0.508 e. The Morgan fingerprint density at radius 1 is 1.17 bits per heavy atom. The van der Waals surface area contributed by atoms with E-state index in [2.05, 4.69) is 0 Å². The molecule has 0 spiro atoms. The zero-order valence-electron chi connectivity index (χ0n) is 12.8. The van der Waals surface area contributed by atoms with Crippen molar-refractivity contribution in [2.75, 3.05) is 13.4 Å². The molecule has 1 N–H and O–H groups in total. The number of carbonyl (C=O) groups excluding carboxylic acids is 1. The SMILES string of the molecule is COC(=O)Cc1oc2ccc(-c3ccc(O)cc3)cc2c1SC. The average molecular weight is 328 g/mol. The van der Waals surface area contributed by atoms with Crippen LogP contribution in [0.2, 0.25) is 0 Å². The Bertz CT molecular complexity index is 849. The van der Waals surface area contributed by atoms with E-state index in [1.807, 2.05) is 36.6 Å². The minimum atomic E-state index is -0.321. The van der Waals surface area contributed by atoms with E-state index in [9.17, 15) is 9.90 Å². The number of hydrogen-bond donors (Lipinski definition) is 1. The smallest absolute Gasteiger partial charge is 0.313 e. The molecular weight excluding hydrogens is 312 g/mol. The van der Waals surface area contributed by atoms with E-state index in [0.717, 1.165) is 27.0 Å². The molecule has 0 saturated carbocycles. The first kappa shape index (κ1) is 15.5. The Morgan fingerprint density at radius 2 is 1.87 bits per heavy atom. The van der Waals surface area contributed by atoms with Gasteiger partial charge in [-0.25, -0.2) is 0 Å². The van der Waals surface area contributed by atoms with Gasteiger partial charge in [-0.15, -0.1) is 11.8 Å². The maximum atomic E-state index is 11.5.